The maximum Gasteiger partial charge on any atom is 0.119 e. The molecule has 3 nitrogen and oxygen atoms in total. The molecule has 0 aliphatic rings. The number of hydrogen-bond acceptors (Lipinski definition) is 3. The third kappa shape index (κ3) is 3.28. The number of rotatable bonds is 5. The molecular weight excluding hydrogens is 248 g/mol. The van der Waals surface area contributed by atoms with Gasteiger partial charge in [-0.05, 0) is 48.9 Å². The highest BCUT2D eigenvalue weighted by atomic mass is 16.5. The van der Waals surface area contributed by atoms with Crippen molar-refractivity contribution in [1.29, 1.82) is 5.26 Å². The number of benzene rings is 2. The van der Waals surface area contributed by atoms with Crippen molar-refractivity contribution >= 4 is 10.8 Å². The zero-order valence-electron chi connectivity index (χ0n) is 12.3. The van der Waals surface area contributed by atoms with Crippen molar-refractivity contribution in [3.05, 3.63) is 42.0 Å². The predicted molar refractivity (Wildman–Crippen MR) is 81.9 cm³/mol. The first-order chi connectivity index (χ1) is 9.63. The van der Waals surface area contributed by atoms with Gasteiger partial charge in [0.2, 0.25) is 0 Å². The van der Waals surface area contributed by atoms with Gasteiger partial charge in [-0.3, -0.25) is 4.90 Å². The molecule has 20 heavy (non-hydrogen) atoms. The molecule has 2 aromatic carbocycles. The average Bonchev–Trinajstić information content (AvgIpc) is 2.50. The third-order valence-corrected chi connectivity index (χ3v) is 3.71. The summed E-state index contributed by atoms with van der Waals surface area (Å²) in [5.41, 5.74) is 1.29. The number of ether oxygens (including phenoxy) is 1. The van der Waals surface area contributed by atoms with Crippen molar-refractivity contribution in [1.82, 2.24) is 4.90 Å². The Morgan fingerprint density at radius 2 is 1.90 bits per heavy atom. The first-order valence-electron chi connectivity index (χ1n) is 6.80. The smallest absolute Gasteiger partial charge is 0.119 e. The second-order valence-electron chi connectivity index (χ2n) is 5.08. The van der Waals surface area contributed by atoms with Crippen LogP contribution in [-0.4, -0.2) is 31.6 Å². The summed E-state index contributed by atoms with van der Waals surface area (Å²) in [4.78, 5) is 2.07. The average molecular weight is 268 g/mol. The van der Waals surface area contributed by atoms with Gasteiger partial charge >= 0.3 is 0 Å². The summed E-state index contributed by atoms with van der Waals surface area (Å²) in [6.45, 7) is 2.81. The van der Waals surface area contributed by atoms with Crippen molar-refractivity contribution in [2.45, 2.75) is 19.4 Å². The molecular formula is C17H20N2O. The molecule has 0 heterocycles. The van der Waals surface area contributed by atoms with Crippen LogP contribution >= 0.6 is 0 Å². The van der Waals surface area contributed by atoms with Crippen LogP contribution in [0.3, 0.4) is 0 Å². The molecule has 3 heteroatoms. The van der Waals surface area contributed by atoms with Crippen molar-refractivity contribution in [3.8, 4) is 11.8 Å². The summed E-state index contributed by atoms with van der Waals surface area (Å²) in [5, 5.41) is 11.3. The van der Waals surface area contributed by atoms with Crippen LogP contribution in [0.5, 0.6) is 5.75 Å². The van der Waals surface area contributed by atoms with Crippen molar-refractivity contribution in [3.63, 3.8) is 0 Å². The number of methoxy groups -OCH3 is 1. The number of nitrogens with zero attached hydrogens (tertiary/aromatic N) is 2. The number of nitriles is 1. The molecule has 2 rings (SSSR count). The standard InChI is InChI=1S/C17H20N2O/c1-13(12-18)19(2)9-8-14-4-5-16-11-17(20-3)7-6-15(16)10-14/h4-7,10-11,13H,8-9H2,1-3H3. The van der Waals surface area contributed by atoms with Gasteiger partial charge in [0.15, 0.2) is 0 Å². The molecule has 0 aliphatic heterocycles. The monoisotopic (exact) mass is 268 g/mol. The van der Waals surface area contributed by atoms with E-state index in [2.05, 4.69) is 35.2 Å². The molecule has 0 radical (unpaired) electrons. The van der Waals surface area contributed by atoms with Gasteiger partial charge in [-0.15, -0.1) is 0 Å². The molecule has 104 valence electrons. The van der Waals surface area contributed by atoms with Crippen LogP contribution in [0.25, 0.3) is 10.8 Å². The van der Waals surface area contributed by atoms with Gasteiger partial charge in [0.05, 0.1) is 19.2 Å². The SMILES string of the molecule is COc1ccc2cc(CCN(C)C(C)C#N)ccc2c1. The second kappa shape index (κ2) is 6.40. The van der Waals surface area contributed by atoms with Crippen molar-refractivity contribution < 1.29 is 4.74 Å². The van der Waals surface area contributed by atoms with Crippen LogP contribution in [0.15, 0.2) is 36.4 Å². The van der Waals surface area contributed by atoms with Crippen LogP contribution in [0.4, 0.5) is 0 Å². The Balaban J connectivity index is 2.10. The maximum absolute atomic E-state index is 8.89. The molecule has 0 N–H and O–H groups in total. The van der Waals surface area contributed by atoms with Crippen LogP contribution in [-0.2, 0) is 6.42 Å². The second-order valence-corrected chi connectivity index (χ2v) is 5.08. The Labute approximate surface area is 120 Å². The minimum atomic E-state index is -0.0419. The van der Waals surface area contributed by atoms with E-state index < -0.39 is 0 Å². The van der Waals surface area contributed by atoms with Crippen LogP contribution < -0.4 is 4.74 Å². The Hall–Kier alpha value is -2.05. The Kier molecular flexibility index (Phi) is 4.60. The molecule has 0 spiro atoms. The van der Waals surface area contributed by atoms with E-state index in [1.807, 2.05) is 26.1 Å². The topological polar surface area (TPSA) is 36.3 Å². The molecule has 2 aromatic rings. The van der Waals surface area contributed by atoms with Crippen LogP contribution in [0.2, 0.25) is 0 Å². The van der Waals surface area contributed by atoms with E-state index in [1.54, 1.807) is 7.11 Å². The summed E-state index contributed by atoms with van der Waals surface area (Å²) in [6, 6.07) is 14.8. The lowest BCUT2D eigenvalue weighted by Gasteiger charge is -2.18. The summed E-state index contributed by atoms with van der Waals surface area (Å²) < 4.78 is 5.23. The maximum atomic E-state index is 8.89. The van der Waals surface area contributed by atoms with E-state index in [0.717, 1.165) is 18.7 Å². The number of fused-ring (bicyclic) bond motifs is 1. The summed E-state index contributed by atoms with van der Waals surface area (Å²) in [7, 11) is 3.67. The van der Waals surface area contributed by atoms with Crippen LogP contribution in [0.1, 0.15) is 12.5 Å². The quantitative estimate of drug-likeness (QED) is 0.835. The lowest BCUT2D eigenvalue weighted by Crippen LogP contribution is -2.29. The van der Waals surface area contributed by atoms with Gasteiger partial charge in [0.25, 0.3) is 0 Å². The molecule has 0 bridgehead atoms. The first-order valence-corrected chi connectivity index (χ1v) is 6.80. The zero-order chi connectivity index (χ0) is 14.5. The normalized spacial score (nSPS) is 12.3. The highest BCUT2D eigenvalue weighted by molar-refractivity contribution is 5.84. The van der Waals surface area contributed by atoms with Gasteiger partial charge in [0.1, 0.15) is 5.75 Å². The van der Waals surface area contributed by atoms with E-state index >= 15 is 0 Å². The summed E-state index contributed by atoms with van der Waals surface area (Å²) in [6.07, 6.45) is 0.949. The van der Waals surface area contributed by atoms with E-state index in [1.165, 1.54) is 16.3 Å². The van der Waals surface area contributed by atoms with Crippen LogP contribution in [0, 0.1) is 11.3 Å². The van der Waals surface area contributed by atoms with Gasteiger partial charge in [-0.25, -0.2) is 0 Å². The minimum absolute atomic E-state index is 0.0419. The van der Waals surface area contributed by atoms with Crippen molar-refractivity contribution in [2.24, 2.45) is 0 Å². The molecule has 0 fully saturated rings. The van der Waals surface area contributed by atoms with E-state index in [-0.39, 0.29) is 6.04 Å². The molecule has 0 amide bonds. The highest BCUT2D eigenvalue weighted by Gasteiger charge is 2.07. The number of likely N-dealkylation sites (N-methyl/N-ethyl adjacent to an activating group) is 1. The fourth-order valence-electron chi connectivity index (χ4n) is 2.15. The summed E-state index contributed by atoms with van der Waals surface area (Å²) >= 11 is 0. The lowest BCUT2D eigenvalue weighted by atomic mass is 10.0. The Bertz CT molecular complexity index is 630. The summed E-state index contributed by atoms with van der Waals surface area (Å²) in [5.74, 6) is 0.882. The van der Waals surface area contributed by atoms with Crippen molar-refractivity contribution in [2.75, 3.05) is 20.7 Å². The van der Waals surface area contributed by atoms with E-state index in [0.29, 0.717) is 0 Å². The Morgan fingerprint density at radius 1 is 1.20 bits per heavy atom. The third-order valence-electron chi connectivity index (χ3n) is 3.71. The molecule has 1 atom stereocenters. The van der Waals surface area contributed by atoms with Gasteiger partial charge in [-0.2, -0.15) is 5.26 Å². The largest absolute Gasteiger partial charge is 0.497 e. The zero-order valence-corrected chi connectivity index (χ0v) is 12.3. The first kappa shape index (κ1) is 14.4. The molecule has 0 aromatic heterocycles. The highest BCUT2D eigenvalue weighted by Crippen LogP contribution is 2.22. The Morgan fingerprint density at radius 3 is 2.60 bits per heavy atom. The number of hydrogen-bond donors (Lipinski definition) is 0. The molecule has 0 aliphatic carbocycles. The molecule has 0 saturated heterocycles. The van der Waals surface area contributed by atoms with Gasteiger partial charge < -0.3 is 4.74 Å². The minimum Gasteiger partial charge on any atom is -0.497 e. The van der Waals surface area contributed by atoms with Gasteiger partial charge in [0, 0.05) is 6.54 Å². The molecule has 0 saturated carbocycles. The predicted octanol–water partition coefficient (Wildman–Crippen LogP) is 3.23. The lowest BCUT2D eigenvalue weighted by molar-refractivity contribution is 0.306. The fraction of sp³-hybridized carbons (Fsp3) is 0.353. The van der Waals surface area contributed by atoms with E-state index in [4.69, 9.17) is 10.00 Å². The van der Waals surface area contributed by atoms with Gasteiger partial charge in [-0.1, -0.05) is 24.3 Å². The molecule has 1 unspecified atom stereocenters. The van der Waals surface area contributed by atoms with E-state index in [9.17, 15) is 0 Å². The fourth-order valence-corrected chi connectivity index (χ4v) is 2.15.